The molecule has 1 amide bonds. The van der Waals surface area contributed by atoms with Gasteiger partial charge in [0.15, 0.2) is 0 Å². The number of hydrogen-bond donors (Lipinski definition) is 1. The molecule has 4 saturated carbocycles. The molecule has 2 heterocycles. The molecular weight excluding hydrogens is 350 g/mol. The molecule has 1 atom stereocenters. The van der Waals surface area contributed by atoms with E-state index in [1.165, 1.54) is 38.5 Å². The van der Waals surface area contributed by atoms with Gasteiger partial charge in [0, 0.05) is 24.2 Å². The van der Waals surface area contributed by atoms with Crippen LogP contribution in [-0.2, 0) is 5.41 Å². The quantitative estimate of drug-likeness (QED) is 0.835. The number of amides is 1. The third-order valence-corrected chi connectivity index (χ3v) is 8.10. The van der Waals surface area contributed by atoms with Crippen LogP contribution in [0.1, 0.15) is 93.7 Å². The molecule has 0 radical (unpaired) electrons. The van der Waals surface area contributed by atoms with Crippen molar-refractivity contribution >= 4 is 5.91 Å². The molecule has 1 aromatic rings. The molecule has 4 bridgehead atoms. The molecule has 1 aliphatic heterocycles. The first-order valence-corrected chi connectivity index (χ1v) is 11.5. The number of hydrogen-bond acceptors (Lipinski definition) is 3. The highest BCUT2D eigenvalue weighted by Gasteiger charge is 2.53. The van der Waals surface area contributed by atoms with Gasteiger partial charge >= 0.3 is 0 Å². The van der Waals surface area contributed by atoms with Crippen LogP contribution >= 0.6 is 0 Å². The van der Waals surface area contributed by atoms with E-state index in [0.717, 1.165) is 62.2 Å². The first-order chi connectivity index (χ1) is 13.6. The van der Waals surface area contributed by atoms with Crippen molar-refractivity contribution in [1.82, 2.24) is 14.9 Å². The van der Waals surface area contributed by atoms with Crippen LogP contribution in [0.15, 0.2) is 11.0 Å². The highest BCUT2D eigenvalue weighted by atomic mass is 16.2. The molecule has 0 aromatic carbocycles. The van der Waals surface area contributed by atoms with Crippen LogP contribution < -0.4 is 5.56 Å². The number of nitrogens with one attached hydrogen (secondary N) is 1. The van der Waals surface area contributed by atoms with E-state index in [4.69, 9.17) is 4.98 Å². The molecule has 28 heavy (non-hydrogen) atoms. The van der Waals surface area contributed by atoms with Gasteiger partial charge in [-0.05, 0) is 75.5 Å². The Labute approximate surface area is 167 Å². The van der Waals surface area contributed by atoms with Crippen molar-refractivity contribution in [2.24, 2.45) is 17.8 Å². The van der Waals surface area contributed by atoms with Crippen LogP contribution in [0.5, 0.6) is 0 Å². The molecule has 0 unspecified atom stereocenters. The Morgan fingerprint density at radius 1 is 1.21 bits per heavy atom. The Bertz CT molecular complexity index is 779. The SMILES string of the molecule is CCCC[C@@H]1CCCN1C(=O)c1cnc(C23CC4CC(CC(C4)C2)C3)[nH]c1=O. The Morgan fingerprint density at radius 2 is 1.89 bits per heavy atom. The summed E-state index contributed by atoms with van der Waals surface area (Å²) in [7, 11) is 0. The molecule has 5 fully saturated rings. The molecular formula is C23H33N3O2. The minimum atomic E-state index is -0.230. The zero-order valence-electron chi connectivity index (χ0n) is 17.1. The van der Waals surface area contributed by atoms with Gasteiger partial charge in [-0.2, -0.15) is 0 Å². The van der Waals surface area contributed by atoms with Gasteiger partial charge in [0.1, 0.15) is 11.4 Å². The van der Waals surface area contributed by atoms with Crippen molar-refractivity contribution in [3.8, 4) is 0 Å². The van der Waals surface area contributed by atoms with Gasteiger partial charge in [0.25, 0.3) is 11.5 Å². The van der Waals surface area contributed by atoms with Crippen LogP contribution in [0, 0.1) is 17.8 Å². The van der Waals surface area contributed by atoms with Gasteiger partial charge in [-0.1, -0.05) is 19.8 Å². The molecule has 0 spiro atoms. The van der Waals surface area contributed by atoms with Crippen molar-refractivity contribution in [1.29, 1.82) is 0 Å². The predicted octanol–water partition coefficient (Wildman–Crippen LogP) is 4.03. The average Bonchev–Trinajstić information content (AvgIpc) is 3.13. The van der Waals surface area contributed by atoms with Crippen molar-refractivity contribution in [2.75, 3.05) is 6.54 Å². The maximum atomic E-state index is 13.1. The summed E-state index contributed by atoms with van der Waals surface area (Å²) in [5, 5.41) is 0. The second-order valence-corrected chi connectivity index (χ2v) is 10.1. The molecule has 1 saturated heterocycles. The minimum absolute atomic E-state index is 0.0623. The predicted molar refractivity (Wildman–Crippen MR) is 108 cm³/mol. The third kappa shape index (κ3) is 3.02. The normalized spacial score (nSPS) is 36.2. The maximum Gasteiger partial charge on any atom is 0.263 e. The molecule has 5 aliphatic rings. The Kier molecular flexibility index (Phi) is 4.59. The van der Waals surface area contributed by atoms with E-state index in [1.807, 2.05) is 4.90 Å². The summed E-state index contributed by atoms with van der Waals surface area (Å²) in [4.78, 5) is 35.7. The van der Waals surface area contributed by atoms with Gasteiger partial charge in [0.2, 0.25) is 0 Å². The fraction of sp³-hybridized carbons (Fsp3) is 0.783. The zero-order chi connectivity index (χ0) is 19.3. The van der Waals surface area contributed by atoms with Crippen molar-refractivity contribution in [3.05, 3.63) is 27.9 Å². The number of carbonyl (C=O) groups is 1. The van der Waals surface area contributed by atoms with Crippen LogP contribution in [-0.4, -0.2) is 33.4 Å². The van der Waals surface area contributed by atoms with Gasteiger partial charge in [0.05, 0.1) is 0 Å². The smallest absolute Gasteiger partial charge is 0.263 e. The summed E-state index contributed by atoms with van der Waals surface area (Å²) < 4.78 is 0. The first kappa shape index (κ1) is 18.4. The summed E-state index contributed by atoms with van der Waals surface area (Å²) in [5.74, 6) is 3.16. The van der Waals surface area contributed by atoms with Crippen LogP contribution in [0.25, 0.3) is 0 Å². The second kappa shape index (κ2) is 7.00. The van der Waals surface area contributed by atoms with Gasteiger partial charge in [-0.25, -0.2) is 4.98 Å². The Morgan fingerprint density at radius 3 is 2.50 bits per heavy atom. The molecule has 152 valence electrons. The summed E-state index contributed by atoms with van der Waals surface area (Å²) >= 11 is 0. The number of aromatic nitrogens is 2. The lowest BCUT2D eigenvalue weighted by Crippen LogP contribution is -2.50. The van der Waals surface area contributed by atoms with Crippen molar-refractivity contribution < 1.29 is 4.79 Å². The van der Waals surface area contributed by atoms with Crippen LogP contribution in [0.3, 0.4) is 0 Å². The van der Waals surface area contributed by atoms with Crippen molar-refractivity contribution in [2.45, 2.75) is 89.0 Å². The van der Waals surface area contributed by atoms with E-state index in [0.29, 0.717) is 0 Å². The lowest BCUT2D eigenvalue weighted by Gasteiger charge is -2.56. The number of rotatable bonds is 5. The number of likely N-dealkylation sites (tertiary alicyclic amines) is 1. The summed E-state index contributed by atoms with van der Waals surface area (Å²) in [6.45, 7) is 2.95. The second-order valence-electron chi connectivity index (χ2n) is 10.1. The molecule has 1 aromatic heterocycles. The average molecular weight is 384 g/mol. The maximum absolute atomic E-state index is 13.1. The van der Waals surface area contributed by atoms with Gasteiger partial charge < -0.3 is 9.88 Å². The van der Waals surface area contributed by atoms with E-state index >= 15 is 0 Å². The monoisotopic (exact) mass is 383 g/mol. The van der Waals surface area contributed by atoms with E-state index < -0.39 is 0 Å². The number of aromatic amines is 1. The summed E-state index contributed by atoms with van der Waals surface area (Å²) in [6, 6.07) is 0.287. The first-order valence-electron chi connectivity index (χ1n) is 11.5. The molecule has 6 rings (SSSR count). The highest BCUT2D eigenvalue weighted by molar-refractivity contribution is 5.94. The largest absolute Gasteiger partial charge is 0.335 e. The Balaban J connectivity index is 1.38. The number of carbonyl (C=O) groups excluding carboxylic acids is 1. The zero-order valence-corrected chi connectivity index (χ0v) is 17.1. The van der Waals surface area contributed by atoms with E-state index in [1.54, 1.807) is 6.20 Å². The summed E-state index contributed by atoms with van der Waals surface area (Å²) in [5.41, 5.74) is 0.0658. The van der Waals surface area contributed by atoms with E-state index in [-0.39, 0.29) is 28.5 Å². The number of H-pyrrole nitrogens is 1. The lowest BCUT2D eigenvalue weighted by atomic mass is 9.49. The van der Waals surface area contributed by atoms with E-state index in [2.05, 4.69) is 11.9 Å². The molecule has 1 N–H and O–H groups in total. The molecule has 4 aliphatic carbocycles. The fourth-order valence-electron chi connectivity index (χ4n) is 7.22. The fourth-order valence-corrected chi connectivity index (χ4v) is 7.22. The van der Waals surface area contributed by atoms with Gasteiger partial charge in [-0.3, -0.25) is 9.59 Å². The highest BCUT2D eigenvalue weighted by Crippen LogP contribution is 2.59. The summed E-state index contributed by atoms with van der Waals surface area (Å²) in [6.07, 6.45) is 14.6. The topological polar surface area (TPSA) is 66.1 Å². The standard InChI is InChI=1S/C23H33N3O2/c1-2-3-5-18-6-4-7-26(18)21(28)19-14-24-22(25-20(19)27)23-11-15-8-16(12-23)10-17(9-15)13-23/h14-18H,2-13H2,1H3,(H,24,25,27)/t15?,16?,17?,18-,23?/m1/s1. The van der Waals surface area contributed by atoms with E-state index in [9.17, 15) is 9.59 Å². The lowest BCUT2D eigenvalue weighted by molar-refractivity contribution is -0.00955. The van der Waals surface area contributed by atoms with Gasteiger partial charge in [-0.15, -0.1) is 0 Å². The molecule has 5 heteroatoms. The Hall–Kier alpha value is -1.65. The minimum Gasteiger partial charge on any atom is -0.335 e. The molecule has 5 nitrogen and oxygen atoms in total. The third-order valence-electron chi connectivity index (χ3n) is 8.10. The van der Waals surface area contributed by atoms with Crippen LogP contribution in [0.2, 0.25) is 0 Å². The van der Waals surface area contributed by atoms with Crippen LogP contribution in [0.4, 0.5) is 0 Å². The number of nitrogens with zero attached hydrogens (tertiary/aromatic N) is 2. The number of unbranched alkanes of at least 4 members (excludes halogenated alkanes) is 1. The van der Waals surface area contributed by atoms with Crippen molar-refractivity contribution in [3.63, 3.8) is 0 Å².